The highest BCUT2D eigenvalue weighted by atomic mass is 15.1. The van der Waals surface area contributed by atoms with Gasteiger partial charge in [-0.15, -0.1) is 0 Å². The molecule has 4 nitrogen and oxygen atoms in total. The fourth-order valence-corrected chi connectivity index (χ4v) is 3.75. The number of benzene rings is 2. The predicted octanol–water partition coefficient (Wildman–Crippen LogP) is 4.86. The molecule has 26 heavy (non-hydrogen) atoms. The fourth-order valence-electron chi connectivity index (χ4n) is 3.75. The highest BCUT2D eigenvalue weighted by Crippen LogP contribution is 2.28. The second kappa shape index (κ2) is 7.42. The average molecular weight is 346 g/mol. The van der Waals surface area contributed by atoms with Crippen LogP contribution in [0.25, 0.3) is 33.1 Å². The number of hydrogen-bond donors (Lipinski definition) is 0. The maximum Gasteiger partial charge on any atom is 0.160 e. The lowest BCUT2D eigenvalue weighted by Gasteiger charge is -2.17. The van der Waals surface area contributed by atoms with Crippen molar-refractivity contribution in [3.8, 4) is 0 Å². The number of rotatable bonds is 7. The van der Waals surface area contributed by atoms with Gasteiger partial charge >= 0.3 is 0 Å². The molecule has 0 saturated carbocycles. The van der Waals surface area contributed by atoms with Crippen LogP contribution in [0.5, 0.6) is 0 Å². The van der Waals surface area contributed by atoms with Gasteiger partial charge in [0.2, 0.25) is 0 Å². The molecule has 0 unspecified atom stereocenters. The van der Waals surface area contributed by atoms with Crippen molar-refractivity contribution in [2.45, 2.75) is 33.2 Å². The van der Waals surface area contributed by atoms with Crippen LogP contribution in [-0.4, -0.2) is 39.1 Å². The van der Waals surface area contributed by atoms with Crippen LogP contribution in [0, 0.1) is 0 Å². The lowest BCUT2D eigenvalue weighted by atomic mass is 10.2. The van der Waals surface area contributed by atoms with E-state index in [2.05, 4.69) is 47.6 Å². The summed E-state index contributed by atoms with van der Waals surface area (Å²) in [4.78, 5) is 12.4. The molecule has 0 bridgehead atoms. The van der Waals surface area contributed by atoms with E-state index in [1.54, 1.807) is 0 Å². The second-order valence-electron chi connectivity index (χ2n) is 6.79. The molecule has 4 aromatic rings. The molecule has 134 valence electrons. The van der Waals surface area contributed by atoms with Crippen molar-refractivity contribution in [3.63, 3.8) is 0 Å². The van der Waals surface area contributed by atoms with Crippen LogP contribution in [0.2, 0.25) is 0 Å². The molecule has 2 aromatic carbocycles. The molecule has 0 N–H and O–H groups in total. The topological polar surface area (TPSA) is 34.0 Å². The Balaban J connectivity index is 1.71. The molecule has 0 aliphatic heterocycles. The SMILES string of the molecule is CCN(CC)CCCCn1c2ccccc2c2nc3ccccc3nc21. The minimum absolute atomic E-state index is 0.962. The van der Waals surface area contributed by atoms with Crippen molar-refractivity contribution in [2.24, 2.45) is 0 Å². The Labute approximate surface area is 154 Å². The zero-order valence-electron chi connectivity index (χ0n) is 15.7. The summed E-state index contributed by atoms with van der Waals surface area (Å²) in [5.74, 6) is 0. The molecule has 0 spiro atoms. The van der Waals surface area contributed by atoms with Gasteiger partial charge in [0.05, 0.1) is 16.6 Å². The number of para-hydroxylation sites is 3. The first-order valence-corrected chi connectivity index (χ1v) is 9.68. The Hall–Kier alpha value is -2.46. The minimum Gasteiger partial charge on any atom is -0.324 e. The van der Waals surface area contributed by atoms with E-state index in [0.29, 0.717) is 0 Å². The van der Waals surface area contributed by atoms with Gasteiger partial charge in [0.1, 0.15) is 5.52 Å². The fraction of sp³-hybridized carbons (Fsp3) is 0.364. The van der Waals surface area contributed by atoms with E-state index in [9.17, 15) is 0 Å². The summed E-state index contributed by atoms with van der Waals surface area (Å²) in [6.45, 7) is 8.87. The summed E-state index contributed by atoms with van der Waals surface area (Å²) < 4.78 is 2.35. The van der Waals surface area contributed by atoms with Crippen LogP contribution in [-0.2, 0) is 6.54 Å². The van der Waals surface area contributed by atoms with E-state index < -0.39 is 0 Å². The van der Waals surface area contributed by atoms with Crippen LogP contribution in [0.4, 0.5) is 0 Å². The number of fused-ring (bicyclic) bond motifs is 4. The Bertz CT molecular complexity index is 1030. The predicted molar refractivity (Wildman–Crippen MR) is 110 cm³/mol. The Morgan fingerprint density at radius 1 is 0.846 bits per heavy atom. The molecule has 2 aromatic heterocycles. The van der Waals surface area contributed by atoms with Gasteiger partial charge in [-0.1, -0.05) is 44.2 Å². The average Bonchev–Trinajstić information content (AvgIpc) is 2.99. The molecule has 0 saturated heterocycles. The Morgan fingerprint density at radius 3 is 2.31 bits per heavy atom. The molecule has 0 aliphatic rings. The van der Waals surface area contributed by atoms with Gasteiger partial charge in [-0.25, -0.2) is 9.97 Å². The monoisotopic (exact) mass is 346 g/mol. The first-order valence-electron chi connectivity index (χ1n) is 9.68. The summed E-state index contributed by atoms with van der Waals surface area (Å²) >= 11 is 0. The largest absolute Gasteiger partial charge is 0.324 e. The zero-order valence-corrected chi connectivity index (χ0v) is 15.7. The number of nitrogens with zero attached hydrogens (tertiary/aromatic N) is 4. The van der Waals surface area contributed by atoms with Crippen LogP contribution >= 0.6 is 0 Å². The van der Waals surface area contributed by atoms with Gasteiger partial charge in [-0.3, -0.25) is 0 Å². The number of hydrogen-bond acceptors (Lipinski definition) is 3. The summed E-state index contributed by atoms with van der Waals surface area (Å²) in [6, 6.07) is 16.7. The van der Waals surface area contributed by atoms with E-state index in [1.165, 1.54) is 23.9 Å². The molecule has 0 aliphatic carbocycles. The second-order valence-corrected chi connectivity index (χ2v) is 6.79. The molecule has 0 amide bonds. The van der Waals surface area contributed by atoms with E-state index >= 15 is 0 Å². The van der Waals surface area contributed by atoms with Gasteiger partial charge in [0.25, 0.3) is 0 Å². The number of aromatic nitrogens is 3. The zero-order chi connectivity index (χ0) is 17.9. The minimum atomic E-state index is 0.962. The van der Waals surface area contributed by atoms with Crippen LogP contribution in [0.15, 0.2) is 48.5 Å². The standard InChI is InChI=1S/C22H26N4/c1-3-25(4-2)15-9-10-16-26-20-14-8-5-11-17(20)21-22(26)24-19-13-7-6-12-18(19)23-21/h5-8,11-14H,3-4,9-10,15-16H2,1-2H3. The highest BCUT2D eigenvalue weighted by Gasteiger charge is 2.13. The molecule has 0 atom stereocenters. The first-order chi connectivity index (χ1) is 12.8. The highest BCUT2D eigenvalue weighted by molar-refractivity contribution is 6.06. The molecule has 0 fully saturated rings. The summed E-state index contributed by atoms with van der Waals surface area (Å²) in [6.07, 6.45) is 2.36. The summed E-state index contributed by atoms with van der Waals surface area (Å²) in [7, 11) is 0. The normalized spacial score (nSPS) is 12.0. The van der Waals surface area contributed by atoms with Crippen LogP contribution in [0.1, 0.15) is 26.7 Å². The molecule has 4 heteroatoms. The van der Waals surface area contributed by atoms with Crippen molar-refractivity contribution in [1.82, 2.24) is 19.4 Å². The van der Waals surface area contributed by atoms with Gasteiger partial charge < -0.3 is 9.47 Å². The van der Waals surface area contributed by atoms with Crippen molar-refractivity contribution in [3.05, 3.63) is 48.5 Å². The number of aryl methyl sites for hydroxylation is 1. The summed E-state index contributed by atoms with van der Waals surface area (Å²) in [5.41, 5.74) is 5.19. The Morgan fingerprint density at radius 2 is 1.54 bits per heavy atom. The van der Waals surface area contributed by atoms with Gasteiger partial charge in [0, 0.05) is 11.9 Å². The first kappa shape index (κ1) is 17.0. The molecule has 4 rings (SSSR count). The van der Waals surface area contributed by atoms with Crippen LogP contribution < -0.4 is 0 Å². The lowest BCUT2D eigenvalue weighted by molar-refractivity contribution is 0.295. The third-order valence-electron chi connectivity index (χ3n) is 5.26. The maximum atomic E-state index is 4.95. The van der Waals surface area contributed by atoms with Crippen molar-refractivity contribution in [1.29, 1.82) is 0 Å². The quantitative estimate of drug-likeness (QED) is 0.448. The van der Waals surface area contributed by atoms with Crippen molar-refractivity contribution in [2.75, 3.05) is 19.6 Å². The lowest BCUT2D eigenvalue weighted by Crippen LogP contribution is -2.24. The molecular weight excluding hydrogens is 320 g/mol. The van der Waals surface area contributed by atoms with E-state index in [0.717, 1.165) is 48.3 Å². The van der Waals surface area contributed by atoms with Crippen LogP contribution in [0.3, 0.4) is 0 Å². The third kappa shape index (κ3) is 3.06. The van der Waals surface area contributed by atoms with E-state index in [4.69, 9.17) is 9.97 Å². The molecular formula is C22H26N4. The van der Waals surface area contributed by atoms with Gasteiger partial charge in [0.15, 0.2) is 5.65 Å². The Kier molecular flexibility index (Phi) is 4.85. The number of unbranched alkanes of at least 4 members (excludes halogenated alkanes) is 1. The van der Waals surface area contributed by atoms with Crippen molar-refractivity contribution < 1.29 is 0 Å². The smallest absolute Gasteiger partial charge is 0.160 e. The molecule has 0 radical (unpaired) electrons. The molecule has 2 heterocycles. The van der Waals surface area contributed by atoms with E-state index in [1.807, 2.05) is 24.3 Å². The maximum absolute atomic E-state index is 4.95. The van der Waals surface area contributed by atoms with E-state index in [-0.39, 0.29) is 0 Å². The van der Waals surface area contributed by atoms with Crippen molar-refractivity contribution >= 4 is 33.1 Å². The third-order valence-corrected chi connectivity index (χ3v) is 5.26. The van der Waals surface area contributed by atoms with Gasteiger partial charge in [-0.2, -0.15) is 0 Å². The summed E-state index contributed by atoms with van der Waals surface area (Å²) in [5, 5.41) is 1.20. The van der Waals surface area contributed by atoms with Gasteiger partial charge in [-0.05, 0) is 50.7 Å².